The summed E-state index contributed by atoms with van der Waals surface area (Å²) in [4.78, 5) is 12.4. The molecule has 13 heavy (non-hydrogen) atoms. The first-order chi connectivity index (χ1) is 6.20. The van der Waals surface area contributed by atoms with Gasteiger partial charge >= 0.3 is 5.97 Å². The Hall–Kier alpha value is -0.610. The molecule has 0 bridgehead atoms. The van der Waals surface area contributed by atoms with Gasteiger partial charge in [-0.3, -0.25) is 9.69 Å². The minimum Gasteiger partial charge on any atom is -0.480 e. The summed E-state index contributed by atoms with van der Waals surface area (Å²) in [5, 5.41) is 11.9. The molecule has 0 amide bonds. The summed E-state index contributed by atoms with van der Waals surface area (Å²) in [6, 6.07) is 0. The van der Waals surface area contributed by atoms with Gasteiger partial charge in [-0.15, -0.1) is 0 Å². The lowest BCUT2D eigenvalue weighted by molar-refractivity contribution is -0.142. The van der Waals surface area contributed by atoms with Crippen LogP contribution in [0, 0.1) is 5.41 Å². The molecule has 1 spiro atoms. The summed E-state index contributed by atoms with van der Waals surface area (Å²) < 4.78 is 0. The van der Waals surface area contributed by atoms with Crippen molar-refractivity contribution in [1.29, 1.82) is 0 Å². The summed E-state index contributed by atoms with van der Waals surface area (Å²) in [5.41, 5.74) is 0.459. The second-order valence-corrected chi connectivity index (χ2v) is 4.29. The van der Waals surface area contributed by atoms with Gasteiger partial charge in [0.05, 0.1) is 6.54 Å². The Kier molecular flexibility index (Phi) is 2.26. The van der Waals surface area contributed by atoms with Crippen LogP contribution < -0.4 is 5.32 Å². The van der Waals surface area contributed by atoms with E-state index in [-0.39, 0.29) is 6.54 Å². The largest absolute Gasteiger partial charge is 0.480 e. The monoisotopic (exact) mass is 184 g/mol. The van der Waals surface area contributed by atoms with E-state index in [2.05, 4.69) is 5.32 Å². The molecular formula is C9H16N2O2. The highest BCUT2D eigenvalue weighted by Gasteiger charge is 2.43. The van der Waals surface area contributed by atoms with Crippen molar-refractivity contribution >= 4 is 5.97 Å². The van der Waals surface area contributed by atoms with Crippen molar-refractivity contribution in [3.05, 3.63) is 0 Å². The zero-order chi connectivity index (χ0) is 9.31. The smallest absolute Gasteiger partial charge is 0.317 e. The van der Waals surface area contributed by atoms with E-state index in [0.717, 1.165) is 26.2 Å². The second-order valence-electron chi connectivity index (χ2n) is 4.29. The van der Waals surface area contributed by atoms with Crippen LogP contribution >= 0.6 is 0 Å². The van der Waals surface area contributed by atoms with Crippen LogP contribution in [0.1, 0.15) is 12.8 Å². The van der Waals surface area contributed by atoms with E-state index in [0.29, 0.717) is 5.41 Å². The first-order valence-corrected chi connectivity index (χ1v) is 4.85. The van der Waals surface area contributed by atoms with E-state index in [1.54, 1.807) is 0 Å². The highest BCUT2D eigenvalue weighted by atomic mass is 16.4. The van der Waals surface area contributed by atoms with Gasteiger partial charge < -0.3 is 10.4 Å². The van der Waals surface area contributed by atoms with E-state index >= 15 is 0 Å². The van der Waals surface area contributed by atoms with Crippen LogP contribution in [-0.4, -0.2) is 48.7 Å². The van der Waals surface area contributed by atoms with Crippen LogP contribution in [0.4, 0.5) is 0 Å². The highest BCUT2D eigenvalue weighted by molar-refractivity contribution is 5.69. The van der Waals surface area contributed by atoms with Gasteiger partial charge in [0.15, 0.2) is 0 Å². The SMILES string of the molecule is O=C(O)CN1CC2(CCNCC2)C1. The summed E-state index contributed by atoms with van der Waals surface area (Å²) in [6.07, 6.45) is 2.42. The maximum Gasteiger partial charge on any atom is 0.317 e. The van der Waals surface area contributed by atoms with Crippen molar-refractivity contribution in [2.24, 2.45) is 5.41 Å². The van der Waals surface area contributed by atoms with Crippen LogP contribution in [0.3, 0.4) is 0 Å². The normalized spacial score (nSPS) is 27.1. The molecule has 0 aliphatic carbocycles. The van der Waals surface area contributed by atoms with E-state index in [1.807, 2.05) is 4.90 Å². The Morgan fingerprint density at radius 2 is 2.00 bits per heavy atom. The van der Waals surface area contributed by atoms with Crippen LogP contribution in [0.2, 0.25) is 0 Å². The molecule has 2 aliphatic rings. The third-order valence-corrected chi connectivity index (χ3v) is 3.14. The Morgan fingerprint density at radius 1 is 1.38 bits per heavy atom. The quantitative estimate of drug-likeness (QED) is 0.621. The fourth-order valence-electron chi connectivity index (χ4n) is 2.48. The Morgan fingerprint density at radius 3 is 2.54 bits per heavy atom. The van der Waals surface area contributed by atoms with Crippen LogP contribution in [0.15, 0.2) is 0 Å². The molecule has 0 unspecified atom stereocenters. The molecule has 2 saturated heterocycles. The average molecular weight is 184 g/mol. The number of aliphatic carboxylic acids is 1. The fraction of sp³-hybridized carbons (Fsp3) is 0.889. The lowest BCUT2D eigenvalue weighted by Crippen LogP contribution is -2.60. The van der Waals surface area contributed by atoms with Crippen LogP contribution in [-0.2, 0) is 4.79 Å². The number of carboxylic acids is 1. The van der Waals surface area contributed by atoms with E-state index in [1.165, 1.54) is 12.8 Å². The van der Waals surface area contributed by atoms with Gasteiger partial charge in [-0.25, -0.2) is 0 Å². The van der Waals surface area contributed by atoms with Crippen LogP contribution in [0.5, 0.6) is 0 Å². The minimum absolute atomic E-state index is 0.217. The maximum atomic E-state index is 10.4. The van der Waals surface area contributed by atoms with Gasteiger partial charge in [-0.2, -0.15) is 0 Å². The number of hydrogen-bond acceptors (Lipinski definition) is 3. The van der Waals surface area contributed by atoms with Gasteiger partial charge in [0.1, 0.15) is 0 Å². The molecule has 2 rings (SSSR count). The van der Waals surface area contributed by atoms with Gasteiger partial charge in [-0.05, 0) is 31.3 Å². The predicted octanol–water partition coefficient (Wildman–Crippen LogP) is -0.244. The number of nitrogens with one attached hydrogen (secondary N) is 1. The zero-order valence-electron chi connectivity index (χ0n) is 7.75. The van der Waals surface area contributed by atoms with Crippen molar-refractivity contribution < 1.29 is 9.90 Å². The Bertz CT molecular complexity index is 204. The number of rotatable bonds is 2. The molecule has 4 nitrogen and oxygen atoms in total. The van der Waals surface area contributed by atoms with Crippen LogP contribution in [0.25, 0.3) is 0 Å². The third-order valence-electron chi connectivity index (χ3n) is 3.14. The number of likely N-dealkylation sites (tertiary alicyclic amines) is 1. The fourth-order valence-corrected chi connectivity index (χ4v) is 2.48. The lowest BCUT2D eigenvalue weighted by Gasteiger charge is -2.52. The number of nitrogens with zero attached hydrogens (tertiary/aromatic N) is 1. The van der Waals surface area contributed by atoms with Crippen molar-refractivity contribution in [1.82, 2.24) is 10.2 Å². The van der Waals surface area contributed by atoms with E-state index < -0.39 is 5.97 Å². The molecule has 0 aromatic rings. The second kappa shape index (κ2) is 3.27. The summed E-state index contributed by atoms with van der Waals surface area (Å²) in [5.74, 6) is -0.705. The number of hydrogen-bond donors (Lipinski definition) is 2. The molecule has 2 heterocycles. The summed E-state index contributed by atoms with van der Waals surface area (Å²) in [7, 11) is 0. The minimum atomic E-state index is -0.705. The van der Waals surface area contributed by atoms with E-state index in [4.69, 9.17) is 5.11 Å². The van der Waals surface area contributed by atoms with Gasteiger partial charge in [0, 0.05) is 13.1 Å². The predicted molar refractivity (Wildman–Crippen MR) is 48.6 cm³/mol. The van der Waals surface area contributed by atoms with Gasteiger partial charge in [0.25, 0.3) is 0 Å². The van der Waals surface area contributed by atoms with Gasteiger partial charge in [0.2, 0.25) is 0 Å². The molecule has 2 aliphatic heterocycles. The molecule has 0 aromatic heterocycles. The maximum absolute atomic E-state index is 10.4. The number of piperidine rings is 1. The first-order valence-electron chi connectivity index (χ1n) is 4.85. The first kappa shape index (κ1) is 8.97. The van der Waals surface area contributed by atoms with Crippen molar-refractivity contribution in [2.75, 3.05) is 32.7 Å². The van der Waals surface area contributed by atoms with Crippen molar-refractivity contribution in [2.45, 2.75) is 12.8 Å². The highest BCUT2D eigenvalue weighted by Crippen LogP contribution is 2.38. The molecule has 74 valence electrons. The van der Waals surface area contributed by atoms with Crippen molar-refractivity contribution in [3.63, 3.8) is 0 Å². The summed E-state index contributed by atoms with van der Waals surface area (Å²) >= 11 is 0. The van der Waals surface area contributed by atoms with E-state index in [9.17, 15) is 4.79 Å². The summed E-state index contributed by atoms with van der Waals surface area (Å²) in [6.45, 7) is 4.39. The molecule has 0 radical (unpaired) electrons. The lowest BCUT2D eigenvalue weighted by atomic mass is 9.72. The molecule has 0 atom stereocenters. The topological polar surface area (TPSA) is 52.6 Å². The van der Waals surface area contributed by atoms with Crippen molar-refractivity contribution in [3.8, 4) is 0 Å². The standard InChI is InChI=1S/C9H16N2O2/c12-8(13)5-11-6-9(7-11)1-3-10-4-2-9/h10H,1-7H2,(H,12,13). The number of carbonyl (C=O) groups is 1. The average Bonchev–Trinajstić information content (AvgIpc) is 2.02. The molecule has 4 heteroatoms. The Labute approximate surface area is 77.9 Å². The van der Waals surface area contributed by atoms with Gasteiger partial charge in [-0.1, -0.05) is 0 Å². The molecule has 0 aromatic carbocycles. The number of carboxylic acid groups (broad SMARTS) is 1. The zero-order valence-corrected chi connectivity index (χ0v) is 7.75. The molecule has 0 saturated carbocycles. The molecule has 2 N–H and O–H groups in total. The molecular weight excluding hydrogens is 168 g/mol. The molecule has 2 fully saturated rings. The third kappa shape index (κ3) is 1.84. The Balaban J connectivity index is 1.78.